The Balaban J connectivity index is 2.16. The lowest BCUT2D eigenvalue weighted by molar-refractivity contribution is 0.158. The average molecular weight is 251 g/mol. The summed E-state index contributed by atoms with van der Waals surface area (Å²) >= 11 is 0. The molecule has 0 spiro atoms. The second-order valence-corrected chi connectivity index (χ2v) is 4.91. The van der Waals surface area contributed by atoms with Gasteiger partial charge in [0, 0.05) is 6.04 Å². The Morgan fingerprint density at radius 3 is 2.44 bits per heavy atom. The smallest absolute Gasteiger partial charge is 0.115 e. The summed E-state index contributed by atoms with van der Waals surface area (Å²) in [6.07, 6.45) is 3.53. The first-order valence-corrected chi connectivity index (χ1v) is 6.81. The molecule has 3 nitrogen and oxygen atoms in total. The molecule has 3 N–H and O–H groups in total. The number of hydrogen-bond acceptors (Lipinski definition) is 3. The Morgan fingerprint density at radius 2 is 1.83 bits per heavy atom. The van der Waals surface area contributed by atoms with Gasteiger partial charge in [-0.2, -0.15) is 0 Å². The first-order chi connectivity index (χ1) is 8.61. The van der Waals surface area contributed by atoms with Gasteiger partial charge in [0.15, 0.2) is 0 Å². The molecule has 0 fully saturated rings. The fourth-order valence-corrected chi connectivity index (χ4v) is 1.85. The molecule has 2 unspecified atom stereocenters. The summed E-state index contributed by atoms with van der Waals surface area (Å²) in [6, 6.07) is 7.82. The zero-order valence-corrected chi connectivity index (χ0v) is 11.4. The highest BCUT2D eigenvalue weighted by Gasteiger charge is 2.04. The van der Waals surface area contributed by atoms with Crippen molar-refractivity contribution in [3.8, 4) is 5.75 Å². The van der Waals surface area contributed by atoms with Crippen molar-refractivity contribution >= 4 is 0 Å². The predicted octanol–water partition coefficient (Wildman–Crippen LogP) is 2.46. The molecule has 0 aliphatic heterocycles. The van der Waals surface area contributed by atoms with Crippen molar-refractivity contribution in [2.45, 2.75) is 51.7 Å². The van der Waals surface area contributed by atoms with E-state index in [1.807, 2.05) is 19.1 Å². The largest absolute Gasteiger partial charge is 0.508 e. The van der Waals surface area contributed by atoms with Gasteiger partial charge in [0.1, 0.15) is 5.75 Å². The minimum Gasteiger partial charge on any atom is -0.508 e. The molecule has 102 valence electrons. The lowest BCUT2D eigenvalue weighted by Gasteiger charge is -2.15. The first kappa shape index (κ1) is 15.0. The second-order valence-electron chi connectivity index (χ2n) is 4.91. The van der Waals surface area contributed by atoms with E-state index in [1.54, 1.807) is 12.1 Å². The third kappa shape index (κ3) is 6.03. The second kappa shape index (κ2) is 8.11. The molecule has 0 heterocycles. The monoisotopic (exact) mass is 251 g/mol. The Hall–Kier alpha value is -1.06. The van der Waals surface area contributed by atoms with Crippen LogP contribution in [0.2, 0.25) is 0 Å². The van der Waals surface area contributed by atoms with Crippen LogP contribution in [0.5, 0.6) is 5.75 Å². The van der Waals surface area contributed by atoms with Crippen LogP contribution < -0.4 is 5.32 Å². The normalized spacial score (nSPS) is 14.4. The third-order valence-corrected chi connectivity index (χ3v) is 3.24. The van der Waals surface area contributed by atoms with Crippen LogP contribution in [0.3, 0.4) is 0 Å². The van der Waals surface area contributed by atoms with Crippen LogP contribution in [0.25, 0.3) is 0 Å². The molecule has 1 aromatic carbocycles. The van der Waals surface area contributed by atoms with Gasteiger partial charge < -0.3 is 15.5 Å². The van der Waals surface area contributed by atoms with Gasteiger partial charge in [0.2, 0.25) is 0 Å². The van der Waals surface area contributed by atoms with Crippen molar-refractivity contribution in [1.29, 1.82) is 0 Å². The van der Waals surface area contributed by atoms with Crippen molar-refractivity contribution in [3.63, 3.8) is 0 Å². The number of phenolic OH excluding ortho intramolecular Hbond substituents is 1. The molecule has 2 atom stereocenters. The van der Waals surface area contributed by atoms with Gasteiger partial charge in [-0.25, -0.2) is 0 Å². The molecule has 1 aromatic rings. The minimum absolute atomic E-state index is 0.179. The molecule has 18 heavy (non-hydrogen) atoms. The SMILES string of the molecule is CCC(O)CCNC(C)CCc1ccc(O)cc1. The number of phenols is 1. The highest BCUT2D eigenvalue weighted by molar-refractivity contribution is 5.25. The average Bonchev–Trinajstić information content (AvgIpc) is 2.38. The van der Waals surface area contributed by atoms with Crippen LogP contribution in [-0.4, -0.2) is 28.9 Å². The Morgan fingerprint density at radius 1 is 1.17 bits per heavy atom. The summed E-state index contributed by atoms with van der Waals surface area (Å²) in [5.41, 5.74) is 1.25. The molecule has 0 aliphatic rings. The van der Waals surface area contributed by atoms with E-state index in [9.17, 15) is 10.2 Å². The van der Waals surface area contributed by atoms with Crippen LogP contribution in [-0.2, 0) is 6.42 Å². The van der Waals surface area contributed by atoms with E-state index in [1.165, 1.54) is 5.56 Å². The summed E-state index contributed by atoms with van der Waals surface area (Å²) in [5, 5.41) is 22.1. The highest BCUT2D eigenvalue weighted by Crippen LogP contribution is 2.11. The number of aliphatic hydroxyl groups excluding tert-OH is 1. The fourth-order valence-electron chi connectivity index (χ4n) is 1.85. The number of aliphatic hydroxyl groups is 1. The maximum Gasteiger partial charge on any atom is 0.115 e. The molecule has 0 aliphatic carbocycles. The molecule has 0 saturated carbocycles. The van der Waals surface area contributed by atoms with Crippen molar-refractivity contribution in [3.05, 3.63) is 29.8 Å². The quantitative estimate of drug-likeness (QED) is 0.665. The molecular weight excluding hydrogens is 226 g/mol. The number of nitrogens with one attached hydrogen (secondary N) is 1. The number of aryl methyl sites for hydroxylation is 1. The van der Waals surface area contributed by atoms with Gasteiger partial charge in [-0.1, -0.05) is 19.1 Å². The maximum absolute atomic E-state index is 9.44. The minimum atomic E-state index is -0.179. The van der Waals surface area contributed by atoms with E-state index in [0.717, 1.165) is 32.2 Å². The Kier molecular flexibility index (Phi) is 6.76. The molecule has 0 saturated heterocycles. The van der Waals surface area contributed by atoms with Crippen molar-refractivity contribution in [1.82, 2.24) is 5.32 Å². The number of benzene rings is 1. The standard InChI is InChI=1S/C15H25NO2/c1-3-14(17)10-11-16-12(2)4-5-13-6-8-15(18)9-7-13/h6-9,12,14,16-18H,3-5,10-11H2,1-2H3. The van der Waals surface area contributed by atoms with E-state index < -0.39 is 0 Å². The lowest BCUT2D eigenvalue weighted by atomic mass is 10.1. The van der Waals surface area contributed by atoms with Crippen LogP contribution in [0, 0.1) is 0 Å². The van der Waals surface area contributed by atoms with E-state index in [4.69, 9.17) is 0 Å². The van der Waals surface area contributed by atoms with E-state index in [2.05, 4.69) is 12.2 Å². The highest BCUT2D eigenvalue weighted by atomic mass is 16.3. The van der Waals surface area contributed by atoms with Gasteiger partial charge in [0.05, 0.1) is 6.10 Å². The summed E-state index contributed by atoms with van der Waals surface area (Å²) < 4.78 is 0. The van der Waals surface area contributed by atoms with Gasteiger partial charge in [0.25, 0.3) is 0 Å². The zero-order valence-electron chi connectivity index (χ0n) is 11.4. The van der Waals surface area contributed by atoms with Gasteiger partial charge in [-0.3, -0.25) is 0 Å². The molecule has 0 bridgehead atoms. The predicted molar refractivity (Wildman–Crippen MR) is 74.8 cm³/mol. The third-order valence-electron chi connectivity index (χ3n) is 3.24. The van der Waals surface area contributed by atoms with Crippen molar-refractivity contribution in [2.75, 3.05) is 6.54 Å². The first-order valence-electron chi connectivity index (χ1n) is 6.81. The lowest BCUT2D eigenvalue weighted by Crippen LogP contribution is -2.29. The van der Waals surface area contributed by atoms with Crippen molar-refractivity contribution in [2.24, 2.45) is 0 Å². The molecule has 0 aromatic heterocycles. The molecule has 0 amide bonds. The van der Waals surface area contributed by atoms with E-state index >= 15 is 0 Å². The Labute approximate surface area is 110 Å². The Bertz CT molecular complexity index is 324. The molecular formula is C15H25NO2. The van der Waals surface area contributed by atoms with Crippen LogP contribution >= 0.6 is 0 Å². The molecule has 0 radical (unpaired) electrons. The fraction of sp³-hybridized carbons (Fsp3) is 0.600. The van der Waals surface area contributed by atoms with E-state index in [-0.39, 0.29) is 6.10 Å². The van der Waals surface area contributed by atoms with Crippen LogP contribution in [0.15, 0.2) is 24.3 Å². The van der Waals surface area contributed by atoms with Gasteiger partial charge in [-0.15, -0.1) is 0 Å². The maximum atomic E-state index is 9.44. The number of aromatic hydroxyl groups is 1. The summed E-state index contributed by atoms with van der Waals surface area (Å²) in [7, 11) is 0. The topological polar surface area (TPSA) is 52.5 Å². The summed E-state index contributed by atoms with van der Waals surface area (Å²) in [6.45, 7) is 5.03. The van der Waals surface area contributed by atoms with Gasteiger partial charge >= 0.3 is 0 Å². The van der Waals surface area contributed by atoms with Crippen LogP contribution in [0.4, 0.5) is 0 Å². The number of hydrogen-bond donors (Lipinski definition) is 3. The van der Waals surface area contributed by atoms with Gasteiger partial charge in [-0.05, 0) is 56.8 Å². The molecule has 1 rings (SSSR count). The van der Waals surface area contributed by atoms with Crippen LogP contribution in [0.1, 0.15) is 38.7 Å². The number of rotatable bonds is 8. The summed E-state index contributed by atoms with van der Waals surface area (Å²) in [5.74, 6) is 0.318. The summed E-state index contributed by atoms with van der Waals surface area (Å²) in [4.78, 5) is 0. The van der Waals surface area contributed by atoms with E-state index in [0.29, 0.717) is 11.8 Å². The molecule has 3 heteroatoms. The zero-order chi connectivity index (χ0) is 13.4. The van der Waals surface area contributed by atoms with Crippen molar-refractivity contribution < 1.29 is 10.2 Å².